The van der Waals surface area contributed by atoms with Gasteiger partial charge in [0.25, 0.3) is 0 Å². The molecule has 7 heteroatoms. The van der Waals surface area contributed by atoms with Gasteiger partial charge in [0.2, 0.25) is 10.0 Å². The number of fused-ring (bicyclic) bond motifs is 3. The third-order valence-corrected chi connectivity index (χ3v) is 5.89. The summed E-state index contributed by atoms with van der Waals surface area (Å²) in [6.45, 7) is 3.03. The van der Waals surface area contributed by atoms with Crippen LogP contribution < -0.4 is 0 Å². The second-order valence-electron chi connectivity index (χ2n) is 5.62. The zero-order chi connectivity index (χ0) is 16.1. The number of rotatable bonds is 3. The van der Waals surface area contributed by atoms with Gasteiger partial charge in [0.15, 0.2) is 0 Å². The lowest BCUT2D eigenvalue weighted by Crippen LogP contribution is -2.29. The maximum Gasteiger partial charge on any atom is 0.335 e. The molecule has 0 saturated heterocycles. The molecule has 22 heavy (non-hydrogen) atoms. The number of hydrogen-bond donors (Lipinski definition) is 1. The van der Waals surface area contributed by atoms with Crippen molar-refractivity contribution in [2.75, 3.05) is 19.3 Å². The van der Waals surface area contributed by atoms with Gasteiger partial charge < -0.3 is 10.0 Å². The van der Waals surface area contributed by atoms with E-state index in [2.05, 4.69) is 4.90 Å². The number of carboxylic acid groups (broad SMARTS) is 1. The van der Waals surface area contributed by atoms with E-state index in [4.69, 9.17) is 0 Å². The molecule has 0 bridgehead atoms. The molecule has 1 aliphatic heterocycles. The lowest BCUT2D eigenvalue weighted by atomic mass is 10.0. The lowest BCUT2D eigenvalue weighted by Gasteiger charge is -2.24. The summed E-state index contributed by atoms with van der Waals surface area (Å²) in [6.07, 6.45) is 0.641. The first-order valence-corrected chi connectivity index (χ1v) is 8.77. The maximum atomic E-state index is 12.5. The molecule has 1 N–H and O–H groups in total. The smallest absolute Gasteiger partial charge is 0.335 e. The molecule has 6 nitrogen and oxygen atoms in total. The largest absolute Gasteiger partial charge is 0.478 e. The first kappa shape index (κ1) is 15.1. The molecule has 0 fully saturated rings. The van der Waals surface area contributed by atoms with Crippen molar-refractivity contribution in [2.45, 2.75) is 19.9 Å². The summed E-state index contributed by atoms with van der Waals surface area (Å²) >= 11 is 0. The third-order valence-electron chi connectivity index (χ3n) is 4.18. The van der Waals surface area contributed by atoms with Gasteiger partial charge >= 0.3 is 5.97 Å². The minimum absolute atomic E-state index is 0.0136. The number of carbonyl (C=O) groups is 1. The van der Waals surface area contributed by atoms with Gasteiger partial charge in [0.1, 0.15) is 0 Å². The second kappa shape index (κ2) is 5.10. The van der Waals surface area contributed by atoms with Crippen molar-refractivity contribution in [3.05, 3.63) is 35.0 Å². The fraction of sp³-hybridized carbons (Fsp3) is 0.400. The van der Waals surface area contributed by atoms with Crippen molar-refractivity contribution in [1.82, 2.24) is 8.87 Å². The molecule has 0 unspecified atom stereocenters. The highest BCUT2D eigenvalue weighted by Gasteiger charge is 2.27. The highest BCUT2D eigenvalue weighted by atomic mass is 32.2. The Labute approximate surface area is 129 Å². The average molecular weight is 322 g/mol. The standard InChI is InChI=1S/C15H18N2O4S/c1-3-22(20,21)17-13-5-4-10(15(18)19)8-11(13)12-9-16(2)7-6-14(12)17/h4-5,8H,3,6-7,9H2,1-2H3,(H,18,19). The van der Waals surface area contributed by atoms with E-state index in [9.17, 15) is 18.3 Å². The highest BCUT2D eigenvalue weighted by molar-refractivity contribution is 7.90. The monoisotopic (exact) mass is 322 g/mol. The Bertz CT molecular complexity index is 867. The molecule has 0 aliphatic carbocycles. The van der Waals surface area contributed by atoms with Crippen LogP contribution in [0.4, 0.5) is 0 Å². The Morgan fingerprint density at radius 1 is 1.36 bits per heavy atom. The van der Waals surface area contributed by atoms with Gasteiger partial charge in [-0.3, -0.25) is 0 Å². The number of nitrogens with zero attached hydrogens (tertiary/aromatic N) is 2. The van der Waals surface area contributed by atoms with Gasteiger partial charge in [-0.2, -0.15) is 0 Å². The normalized spacial score (nSPS) is 15.9. The van der Waals surface area contributed by atoms with Crippen LogP contribution in [0.2, 0.25) is 0 Å². The van der Waals surface area contributed by atoms with E-state index in [0.717, 1.165) is 23.2 Å². The molecule has 118 valence electrons. The van der Waals surface area contributed by atoms with Crippen LogP contribution >= 0.6 is 0 Å². The molecule has 1 aliphatic rings. The molecule has 2 heterocycles. The van der Waals surface area contributed by atoms with E-state index in [1.807, 2.05) is 7.05 Å². The fourth-order valence-corrected chi connectivity index (χ4v) is 4.29. The summed E-state index contributed by atoms with van der Waals surface area (Å²) in [4.78, 5) is 13.3. The topological polar surface area (TPSA) is 79.6 Å². The van der Waals surface area contributed by atoms with Crippen LogP contribution in [-0.2, 0) is 23.0 Å². The quantitative estimate of drug-likeness (QED) is 0.927. The first-order valence-electron chi connectivity index (χ1n) is 7.16. The van der Waals surface area contributed by atoms with Crippen LogP contribution in [0.15, 0.2) is 18.2 Å². The van der Waals surface area contributed by atoms with E-state index < -0.39 is 16.0 Å². The summed E-state index contributed by atoms with van der Waals surface area (Å²) in [5, 5.41) is 9.90. The predicted octanol–water partition coefficient (Wildman–Crippen LogP) is 1.53. The van der Waals surface area contributed by atoms with Gasteiger partial charge in [-0.05, 0) is 37.7 Å². The molecule has 0 spiro atoms. The number of hydrogen-bond acceptors (Lipinski definition) is 4. The zero-order valence-electron chi connectivity index (χ0n) is 12.5. The van der Waals surface area contributed by atoms with Crippen LogP contribution in [0, 0.1) is 0 Å². The van der Waals surface area contributed by atoms with E-state index >= 15 is 0 Å². The van der Waals surface area contributed by atoms with Gasteiger partial charge in [-0.1, -0.05) is 0 Å². The van der Waals surface area contributed by atoms with Crippen molar-refractivity contribution in [1.29, 1.82) is 0 Å². The molecule has 2 aromatic rings. The number of likely N-dealkylation sites (N-methyl/N-ethyl adjacent to an activating group) is 1. The number of aromatic nitrogens is 1. The first-order chi connectivity index (χ1) is 10.3. The van der Waals surface area contributed by atoms with E-state index in [-0.39, 0.29) is 11.3 Å². The number of benzene rings is 1. The van der Waals surface area contributed by atoms with Crippen LogP contribution in [0.5, 0.6) is 0 Å². The van der Waals surface area contributed by atoms with E-state index in [1.165, 1.54) is 10.0 Å². The van der Waals surface area contributed by atoms with Gasteiger partial charge in [-0.25, -0.2) is 17.2 Å². The Morgan fingerprint density at radius 3 is 2.73 bits per heavy atom. The second-order valence-corrected chi connectivity index (χ2v) is 7.72. The molecular formula is C15H18N2O4S. The van der Waals surface area contributed by atoms with Gasteiger partial charge in [-0.15, -0.1) is 0 Å². The molecular weight excluding hydrogens is 304 g/mol. The van der Waals surface area contributed by atoms with Gasteiger partial charge in [0, 0.05) is 30.6 Å². The summed E-state index contributed by atoms with van der Waals surface area (Å²) in [7, 11) is -1.45. The fourth-order valence-electron chi connectivity index (χ4n) is 3.03. The van der Waals surface area contributed by atoms with Crippen LogP contribution in [-0.4, -0.2) is 47.7 Å². The van der Waals surface area contributed by atoms with Crippen molar-refractivity contribution < 1.29 is 18.3 Å². The van der Waals surface area contributed by atoms with Crippen molar-refractivity contribution >= 4 is 26.9 Å². The van der Waals surface area contributed by atoms with Crippen molar-refractivity contribution in [3.8, 4) is 0 Å². The molecule has 0 radical (unpaired) electrons. The Hall–Kier alpha value is -1.86. The SMILES string of the molecule is CCS(=O)(=O)n1c2c(c3cc(C(=O)O)ccc31)CN(C)CC2. The molecule has 1 aromatic heterocycles. The summed E-state index contributed by atoms with van der Waals surface area (Å²) in [5.41, 5.74) is 2.46. The van der Waals surface area contributed by atoms with E-state index in [1.54, 1.807) is 19.1 Å². The average Bonchev–Trinajstić information content (AvgIpc) is 2.80. The molecule has 1 aromatic carbocycles. The number of carboxylic acids is 1. The van der Waals surface area contributed by atoms with Crippen LogP contribution in [0.3, 0.4) is 0 Å². The zero-order valence-corrected chi connectivity index (χ0v) is 13.4. The van der Waals surface area contributed by atoms with Crippen molar-refractivity contribution in [2.24, 2.45) is 0 Å². The molecule has 0 atom stereocenters. The predicted molar refractivity (Wildman–Crippen MR) is 83.8 cm³/mol. The van der Waals surface area contributed by atoms with Crippen LogP contribution in [0.25, 0.3) is 10.9 Å². The summed E-state index contributed by atoms with van der Waals surface area (Å²) < 4.78 is 26.4. The minimum Gasteiger partial charge on any atom is -0.478 e. The Kier molecular flexibility index (Phi) is 3.49. The van der Waals surface area contributed by atoms with E-state index in [0.29, 0.717) is 18.5 Å². The Morgan fingerprint density at radius 2 is 2.09 bits per heavy atom. The lowest BCUT2D eigenvalue weighted by molar-refractivity contribution is 0.0697. The minimum atomic E-state index is -3.42. The summed E-state index contributed by atoms with van der Waals surface area (Å²) in [5.74, 6) is -0.995. The van der Waals surface area contributed by atoms with Crippen molar-refractivity contribution in [3.63, 3.8) is 0 Å². The Balaban J connectivity index is 2.39. The molecule has 3 rings (SSSR count). The maximum absolute atomic E-state index is 12.5. The summed E-state index contributed by atoms with van der Waals surface area (Å²) in [6, 6.07) is 4.64. The molecule has 0 amide bonds. The highest BCUT2D eigenvalue weighted by Crippen LogP contribution is 2.32. The van der Waals surface area contributed by atoms with Crippen LogP contribution in [0.1, 0.15) is 28.5 Å². The molecule has 0 saturated carbocycles. The number of aromatic carboxylic acids is 1. The third kappa shape index (κ3) is 2.21. The van der Waals surface area contributed by atoms with Gasteiger partial charge in [0.05, 0.1) is 16.8 Å².